The minimum Gasteiger partial charge on any atom is -0.507 e. The van der Waals surface area contributed by atoms with Gasteiger partial charge in [-0.1, -0.05) is 6.08 Å². The quantitative estimate of drug-likeness (QED) is 0.110. The van der Waals surface area contributed by atoms with Crippen LogP contribution in [0.25, 0.3) is 0 Å². The maximum absolute atomic E-state index is 14.3. The molecule has 15 nitrogen and oxygen atoms in total. The van der Waals surface area contributed by atoms with Crippen LogP contribution in [0.4, 0.5) is 0 Å². The molecular weight excluding hydrogens is 638 g/mol. The third-order valence-electron chi connectivity index (χ3n) is 9.74. The summed E-state index contributed by atoms with van der Waals surface area (Å²) in [7, 11) is 2.87. The van der Waals surface area contributed by atoms with Gasteiger partial charge >= 0.3 is 0 Å². The Morgan fingerprint density at radius 3 is 2.63 bits per heavy atom. The third-order valence-corrected chi connectivity index (χ3v) is 9.74. The molecule has 0 spiro atoms. The summed E-state index contributed by atoms with van der Waals surface area (Å²) in [4.78, 5) is 32.2. The number of hydrogen-bond donors (Lipinski definition) is 9. The maximum Gasteiger partial charge on any atom is 0.229 e. The second-order valence-electron chi connectivity index (χ2n) is 12.6. The summed E-state index contributed by atoms with van der Waals surface area (Å²) in [5.41, 5.74) is 11.1. The Hall–Kier alpha value is -4.67. The number of dihydropyridines is 1. The minimum atomic E-state index is -2.10. The average Bonchev–Trinajstić information content (AvgIpc) is 3.09. The topological polar surface area (TPSA) is 251 Å². The fourth-order valence-corrected chi connectivity index (χ4v) is 7.11. The van der Waals surface area contributed by atoms with Crippen molar-refractivity contribution in [1.82, 2.24) is 10.6 Å². The molecule has 0 amide bonds. The fraction of sp³-hybridized carbons (Fsp3) is 0.441. The van der Waals surface area contributed by atoms with Crippen molar-refractivity contribution in [2.45, 2.75) is 68.3 Å². The largest absolute Gasteiger partial charge is 0.507 e. The molecule has 6 rings (SSSR count). The van der Waals surface area contributed by atoms with E-state index < -0.39 is 54.4 Å². The number of carbonyl (C=O) groups is 2. The fourth-order valence-electron chi connectivity index (χ4n) is 7.11. The lowest BCUT2D eigenvalue weighted by Gasteiger charge is -2.48. The van der Waals surface area contributed by atoms with Crippen molar-refractivity contribution < 1.29 is 49.3 Å². The highest BCUT2D eigenvalue weighted by molar-refractivity contribution is 6.30. The third kappa shape index (κ3) is 5.97. The molecule has 6 unspecified atom stereocenters. The van der Waals surface area contributed by atoms with E-state index in [2.05, 4.69) is 15.6 Å². The number of rotatable bonds is 8. The summed E-state index contributed by atoms with van der Waals surface area (Å²) in [6, 6.07) is 3.84. The molecule has 1 saturated heterocycles. The van der Waals surface area contributed by atoms with E-state index in [9.17, 15) is 35.1 Å². The molecule has 49 heavy (non-hydrogen) atoms. The number of carbonyl (C=O) groups excluding carboxylic acids is 2. The smallest absolute Gasteiger partial charge is 0.229 e. The number of aliphatic imine (C=N–C) groups is 1. The number of phenolic OH excluding ortho intramolecular Hbond substituents is 1. The number of allylic oxidation sites excluding steroid dienone is 2. The molecule has 0 aromatic heterocycles. The number of nitrogens with one attached hydrogen (secondary N) is 2. The van der Waals surface area contributed by atoms with Gasteiger partial charge in [-0.3, -0.25) is 14.6 Å². The molecule has 15 heteroatoms. The Morgan fingerprint density at radius 2 is 1.94 bits per heavy atom. The molecule has 11 N–H and O–H groups in total. The van der Waals surface area contributed by atoms with E-state index in [1.807, 2.05) is 6.08 Å². The van der Waals surface area contributed by atoms with E-state index in [0.717, 1.165) is 12.0 Å². The van der Waals surface area contributed by atoms with Gasteiger partial charge in [-0.2, -0.15) is 0 Å². The first-order valence-corrected chi connectivity index (χ1v) is 16.0. The number of phenols is 1. The van der Waals surface area contributed by atoms with Crippen LogP contribution in [0, 0.1) is 0 Å². The number of nitrogens with zero attached hydrogens (tertiary/aromatic N) is 1. The molecule has 2 aliphatic heterocycles. The SMILES string of the molecule is CN=C(N)NC1CCCc2cc3c(c(O)c21)C(=O)c1c(OC2OC(CO)C(O)(CCC4=CCNC(N)=C4)C(O)C2O)cc(OC)cc1C3=O. The standard InChI is InChI=1S/C34H41N5O10/c1-37-33(36)39-20-5-3-4-16-11-18-26(28(42)24(16)20)29(43)25-19(27(18)41)12-17(47-2)13-21(25)48-32-30(44)31(45)34(46,22(14-40)49-32)8-6-15-7-9-38-23(35)10-15/h7,10-13,20,22,30-32,38,40,42,44-46H,3-6,8-9,14,35H2,1-2H3,(H3,36,37,39). The summed E-state index contributed by atoms with van der Waals surface area (Å²) in [6.07, 6.45) is -1.27. The van der Waals surface area contributed by atoms with Crippen molar-refractivity contribution >= 4 is 17.5 Å². The number of ketones is 2. The highest BCUT2D eigenvalue weighted by Crippen LogP contribution is 2.46. The number of aliphatic hydroxyl groups excluding tert-OH is 3. The summed E-state index contributed by atoms with van der Waals surface area (Å²) in [5.74, 6) is -1.17. The summed E-state index contributed by atoms with van der Waals surface area (Å²) < 4.78 is 17.2. The first-order valence-electron chi connectivity index (χ1n) is 16.0. The zero-order chi connectivity index (χ0) is 35.2. The molecule has 6 atom stereocenters. The molecule has 1 fully saturated rings. The first-order chi connectivity index (χ1) is 23.4. The number of hydrogen-bond acceptors (Lipinski definition) is 13. The number of ether oxygens (including phenoxy) is 3. The average molecular weight is 680 g/mol. The molecule has 2 aromatic rings. The zero-order valence-corrected chi connectivity index (χ0v) is 27.1. The molecule has 0 saturated carbocycles. The lowest BCUT2D eigenvalue weighted by molar-refractivity contribution is -0.314. The minimum absolute atomic E-state index is 0.0148. The van der Waals surface area contributed by atoms with Crippen LogP contribution in [-0.4, -0.2) is 101 Å². The zero-order valence-electron chi connectivity index (χ0n) is 27.1. The molecular formula is C34H41N5O10. The van der Waals surface area contributed by atoms with Crippen molar-refractivity contribution in [2.24, 2.45) is 16.5 Å². The Morgan fingerprint density at radius 1 is 1.18 bits per heavy atom. The van der Waals surface area contributed by atoms with Gasteiger partial charge < -0.3 is 61.8 Å². The van der Waals surface area contributed by atoms with Gasteiger partial charge in [0.2, 0.25) is 12.1 Å². The monoisotopic (exact) mass is 679 g/mol. The molecule has 0 bridgehead atoms. The van der Waals surface area contributed by atoms with Gasteiger partial charge in [0.05, 0.1) is 36.7 Å². The molecule has 4 aliphatic rings. The van der Waals surface area contributed by atoms with Crippen LogP contribution in [0.5, 0.6) is 17.2 Å². The van der Waals surface area contributed by atoms with Crippen molar-refractivity contribution in [1.29, 1.82) is 0 Å². The van der Waals surface area contributed by atoms with Gasteiger partial charge in [-0.05, 0) is 61.4 Å². The van der Waals surface area contributed by atoms with E-state index in [1.54, 1.807) is 12.1 Å². The van der Waals surface area contributed by atoms with E-state index in [0.29, 0.717) is 36.3 Å². The van der Waals surface area contributed by atoms with Gasteiger partial charge in [0, 0.05) is 36.3 Å². The predicted octanol–water partition coefficient (Wildman–Crippen LogP) is -0.253. The van der Waals surface area contributed by atoms with Crippen molar-refractivity contribution in [3.05, 3.63) is 75.1 Å². The van der Waals surface area contributed by atoms with E-state index in [4.69, 9.17) is 25.7 Å². The highest BCUT2D eigenvalue weighted by atomic mass is 16.7. The lowest BCUT2D eigenvalue weighted by Crippen LogP contribution is -2.67. The van der Waals surface area contributed by atoms with Gasteiger partial charge in [0.1, 0.15) is 41.2 Å². The van der Waals surface area contributed by atoms with Gasteiger partial charge in [-0.15, -0.1) is 0 Å². The van der Waals surface area contributed by atoms with E-state index in [1.165, 1.54) is 26.3 Å². The van der Waals surface area contributed by atoms with E-state index >= 15 is 0 Å². The Balaban J connectivity index is 1.34. The summed E-state index contributed by atoms with van der Waals surface area (Å²) >= 11 is 0. The Bertz CT molecular complexity index is 1770. The van der Waals surface area contributed by atoms with Crippen molar-refractivity contribution in [3.8, 4) is 17.2 Å². The van der Waals surface area contributed by atoms with Crippen LogP contribution in [0.15, 0.2) is 46.7 Å². The first kappa shape index (κ1) is 34.2. The lowest BCUT2D eigenvalue weighted by atomic mass is 9.77. The van der Waals surface area contributed by atoms with Gasteiger partial charge in [0.25, 0.3) is 0 Å². The molecule has 2 aromatic carbocycles. The number of benzene rings is 2. The number of methoxy groups -OCH3 is 1. The number of guanidine groups is 1. The summed E-state index contributed by atoms with van der Waals surface area (Å²) in [5, 5.41) is 61.7. The van der Waals surface area contributed by atoms with Crippen LogP contribution in [0.1, 0.15) is 74.7 Å². The number of fused-ring (bicyclic) bond motifs is 3. The number of aryl methyl sites for hydroxylation is 1. The molecule has 0 radical (unpaired) electrons. The second-order valence-corrected chi connectivity index (χ2v) is 12.6. The molecule has 2 aliphatic carbocycles. The van der Waals surface area contributed by atoms with Crippen molar-refractivity contribution in [2.75, 3.05) is 27.3 Å². The van der Waals surface area contributed by atoms with Gasteiger partial charge in [0.15, 0.2) is 11.7 Å². The van der Waals surface area contributed by atoms with Crippen LogP contribution in [0.3, 0.4) is 0 Å². The normalized spacial score (nSPS) is 28.0. The Kier molecular flexibility index (Phi) is 9.30. The van der Waals surface area contributed by atoms with Gasteiger partial charge in [-0.25, -0.2) is 0 Å². The van der Waals surface area contributed by atoms with E-state index in [-0.39, 0.29) is 58.3 Å². The van der Waals surface area contributed by atoms with Crippen LogP contribution in [-0.2, 0) is 11.2 Å². The predicted molar refractivity (Wildman–Crippen MR) is 175 cm³/mol. The number of aromatic hydroxyl groups is 1. The highest BCUT2D eigenvalue weighted by Gasteiger charge is 2.55. The van der Waals surface area contributed by atoms with Crippen LogP contribution in [0.2, 0.25) is 0 Å². The van der Waals surface area contributed by atoms with Crippen LogP contribution < -0.4 is 31.6 Å². The number of aliphatic hydroxyl groups is 4. The molecule has 2 heterocycles. The van der Waals surface area contributed by atoms with Crippen LogP contribution >= 0.6 is 0 Å². The maximum atomic E-state index is 14.3. The second kappa shape index (κ2) is 13.3. The molecule has 262 valence electrons. The number of nitrogens with two attached hydrogens (primary N) is 2. The Labute approximate surface area is 281 Å². The summed E-state index contributed by atoms with van der Waals surface area (Å²) in [6.45, 7) is -0.269. The van der Waals surface area contributed by atoms with Crippen molar-refractivity contribution in [3.63, 3.8) is 0 Å².